The van der Waals surface area contributed by atoms with Gasteiger partial charge in [0.05, 0.1) is 11.6 Å². The van der Waals surface area contributed by atoms with Gasteiger partial charge in [0.1, 0.15) is 17.8 Å². The van der Waals surface area contributed by atoms with E-state index in [1.807, 2.05) is 13.8 Å². The topological polar surface area (TPSA) is 64.8 Å². The van der Waals surface area contributed by atoms with E-state index in [0.717, 1.165) is 5.56 Å². The molecule has 0 spiro atoms. The standard InChI is InChI=1S/C22H21ClF2N5/c1-12(2)15-11-28-21(14-9-13(23)3-4-17(14)24)30-22(15)29-19-6-7-26-10-16(19)20-18(25)5-8-27-20/h3-4,6-7,9-12,18,20H,5,8H2,1-2H3,(H,26,28,29,30). The second-order valence-electron chi connectivity index (χ2n) is 7.52. The minimum absolute atomic E-state index is 0.112. The van der Waals surface area contributed by atoms with Crippen molar-refractivity contribution in [3.63, 3.8) is 0 Å². The van der Waals surface area contributed by atoms with Crippen molar-refractivity contribution in [3.8, 4) is 11.4 Å². The number of nitrogens with one attached hydrogen (secondary N) is 1. The Bertz CT molecular complexity index is 1060. The van der Waals surface area contributed by atoms with E-state index in [1.165, 1.54) is 18.2 Å². The molecule has 2 unspecified atom stereocenters. The molecule has 1 aromatic carbocycles. The maximum absolute atomic E-state index is 14.4. The second kappa shape index (κ2) is 8.62. The summed E-state index contributed by atoms with van der Waals surface area (Å²) in [5.74, 6) is 0.389. The van der Waals surface area contributed by atoms with Gasteiger partial charge in [-0.05, 0) is 36.6 Å². The fraction of sp³-hybridized carbons (Fsp3) is 0.318. The van der Waals surface area contributed by atoms with E-state index < -0.39 is 18.0 Å². The second-order valence-corrected chi connectivity index (χ2v) is 7.96. The SMILES string of the molecule is CC(C)c1cnc(-c2cc(Cl)ccc2F)nc1Nc1ccncc1C1[N]CCC1F. The predicted octanol–water partition coefficient (Wildman–Crippen LogP) is 5.59. The summed E-state index contributed by atoms with van der Waals surface area (Å²) >= 11 is 6.03. The Balaban J connectivity index is 1.76. The highest BCUT2D eigenvalue weighted by atomic mass is 35.5. The average Bonchev–Trinajstić information content (AvgIpc) is 3.15. The molecule has 1 fully saturated rings. The Morgan fingerprint density at radius 2 is 2.03 bits per heavy atom. The quantitative estimate of drug-likeness (QED) is 0.575. The van der Waals surface area contributed by atoms with Gasteiger partial charge in [0.15, 0.2) is 5.82 Å². The zero-order valence-corrected chi connectivity index (χ0v) is 17.4. The van der Waals surface area contributed by atoms with Gasteiger partial charge >= 0.3 is 0 Å². The Morgan fingerprint density at radius 1 is 1.20 bits per heavy atom. The number of benzene rings is 1. The third-order valence-corrected chi connectivity index (χ3v) is 5.34. The van der Waals surface area contributed by atoms with Crippen molar-refractivity contribution >= 4 is 23.1 Å². The molecule has 1 aliphatic heterocycles. The van der Waals surface area contributed by atoms with E-state index in [2.05, 4.69) is 25.6 Å². The maximum Gasteiger partial charge on any atom is 0.164 e. The van der Waals surface area contributed by atoms with Crippen LogP contribution in [0.1, 0.15) is 43.4 Å². The van der Waals surface area contributed by atoms with E-state index in [9.17, 15) is 8.78 Å². The molecule has 0 aliphatic carbocycles. The molecule has 3 heterocycles. The lowest BCUT2D eigenvalue weighted by atomic mass is 10.0. The van der Waals surface area contributed by atoms with Crippen LogP contribution in [0, 0.1) is 5.82 Å². The van der Waals surface area contributed by atoms with Gasteiger partial charge < -0.3 is 5.32 Å². The first-order valence-electron chi connectivity index (χ1n) is 9.78. The van der Waals surface area contributed by atoms with E-state index in [1.54, 1.807) is 24.7 Å². The van der Waals surface area contributed by atoms with Crippen molar-refractivity contribution < 1.29 is 8.78 Å². The average molecular weight is 429 g/mol. The summed E-state index contributed by atoms with van der Waals surface area (Å²) in [6.07, 6.45) is 4.29. The largest absolute Gasteiger partial charge is 0.340 e. The van der Waals surface area contributed by atoms with Crippen LogP contribution in [0.4, 0.5) is 20.3 Å². The number of nitrogens with zero attached hydrogens (tertiary/aromatic N) is 4. The molecule has 1 saturated heterocycles. The summed E-state index contributed by atoms with van der Waals surface area (Å²) < 4.78 is 28.7. The lowest BCUT2D eigenvalue weighted by Gasteiger charge is -2.19. The zero-order valence-electron chi connectivity index (χ0n) is 16.6. The number of anilines is 2. The number of pyridine rings is 1. The number of rotatable bonds is 5. The first kappa shape index (κ1) is 20.6. The molecule has 0 saturated carbocycles. The van der Waals surface area contributed by atoms with Crippen molar-refractivity contribution in [2.45, 2.75) is 38.4 Å². The van der Waals surface area contributed by atoms with Gasteiger partial charge in [-0.3, -0.25) is 4.98 Å². The number of hydrogen-bond acceptors (Lipinski definition) is 4. The summed E-state index contributed by atoms with van der Waals surface area (Å²) in [5, 5.41) is 8.07. The van der Waals surface area contributed by atoms with Gasteiger partial charge in [0, 0.05) is 47.0 Å². The molecule has 1 aliphatic rings. The highest BCUT2D eigenvalue weighted by molar-refractivity contribution is 6.30. The zero-order chi connectivity index (χ0) is 21.3. The molecule has 0 bridgehead atoms. The summed E-state index contributed by atoms with van der Waals surface area (Å²) in [6, 6.07) is 5.46. The van der Waals surface area contributed by atoms with Crippen LogP contribution < -0.4 is 10.6 Å². The van der Waals surface area contributed by atoms with Crippen LogP contribution in [0.15, 0.2) is 42.9 Å². The molecule has 3 aromatic rings. The number of halogens is 3. The highest BCUT2D eigenvalue weighted by Gasteiger charge is 2.31. The van der Waals surface area contributed by atoms with Crippen molar-refractivity contribution in [3.05, 3.63) is 64.8 Å². The summed E-state index contributed by atoms with van der Waals surface area (Å²) in [7, 11) is 0. The van der Waals surface area contributed by atoms with Crippen LogP contribution in [0.25, 0.3) is 11.4 Å². The maximum atomic E-state index is 14.4. The molecular weight excluding hydrogens is 408 g/mol. The fourth-order valence-electron chi connectivity index (χ4n) is 3.50. The van der Waals surface area contributed by atoms with Crippen molar-refractivity contribution in [2.24, 2.45) is 0 Å². The minimum atomic E-state index is -1.04. The molecule has 30 heavy (non-hydrogen) atoms. The molecule has 155 valence electrons. The number of hydrogen-bond donors (Lipinski definition) is 1. The molecule has 5 nitrogen and oxygen atoms in total. The summed E-state index contributed by atoms with van der Waals surface area (Å²) in [4.78, 5) is 13.1. The highest BCUT2D eigenvalue weighted by Crippen LogP contribution is 2.35. The summed E-state index contributed by atoms with van der Waals surface area (Å²) in [6.45, 7) is 4.52. The van der Waals surface area contributed by atoms with E-state index in [0.29, 0.717) is 35.1 Å². The van der Waals surface area contributed by atoms with Gasteiger partial charge in [-0.1, -0.05) is 25.4 Å². The Hall–Kier alpha value is -2.64. The summed E-state index contributed by atoms with van der Waals surface area (Å²) in [5.41, 5.74) is 2.40. The molecule has 1 N–H and O–H groups in total. The monoisotopic (exact) mass is 428 g/mol. The molecule has 4 rings (SSSR count). The smallest absolute Gasteiger partial charge is 0.164 e. The molecular formula is C22H21ClF2N5. The third kappa shape index (κ3) is 4.13. The molecule has 1 radical (unpaired) electrons. The Morgan fingerprint density at radius 3 is 2.77 bits per heavy atom. The Labute approximate surface area is 178 Å². The van der Waals surface area contributed by atoms with E-state index in [4.69, 9.17) is 11.6 Å². The van der Waals surface area contributed by atoms with Crippen molar-refractivity contribution in [2.75, 3.05) is 11.9 Å². The predicted molar refractivity (Wildman–Crippen MR) is 113 cm³/mol. The van der Waals surface area contributed by atoms with Gasteiger partial charge in [-0.15, -0.1) is 0 Å². The fourth-order valence-corrected chi connectivity index (χ4v) is 3.67. The van der Waals surface area contributed by atoms with Gasteiger partial charge in [-0.25, -0.2) is 24.1 Å². The van der Waals surface area contributed by atoms with E-state index >= 15 is 0 Å². The number of aromatic nitrogens is 3. The van der Waals surface area contributed by atoms with Crippen LogP contribution in [0.2, 0.25) is 5.02 Å². The Kier molecular flexibility index (Phi) is 5.92. The lowest BCUT2D eigenvalue weighted by molar-refractivity contribution is 0.303. The van der Waals surface area contributed by atoms with Crippen LogP contribution >= 0.6 is 11.6 Å². The van der Waals surface area contributed by atoms with Gasteiger partial charge in [0.2, 0.25) is 0 Å². The first-order valence-corrected chi connectivity index (χ1v) is 10.2. The lowest BCUT2D eigenvalue weighted by Crippen LogP contribution is -2.15. The van der Waals surface area contributed by atoms with Crippen LogP contribution in [-0.4, -0.2) is 27.7 Å². The van der Waals surface area contributed by atoms with Crippen LogP contribution in [0.5, 0.6) is 0 Å². The molecule has 2 atom stereocenters. The molecule has 2 aromatic heterocycles. The molecule has 8 heteroatoms. The van der Waals surface area contributed by atoms with Gasteiger partial charge in [0.25, 0.3) is 0 Å². The van der Waals surface area contributed by atoms with Crippen molar-refractivity contribution in [1.29, 1.82) is 0 Å². The molecule has 0 amide bonds. The third-order valence-electron chi connectivity index (χ3n) is 5.11. The number of alkyl halides is 1. The first-order chi connectivity index (χ1) is 14.4. The van der Waals surface area contributed by atoms with Crippen molar-refractivity contribution in [1.82, 2.24) is 20.3 Å². The van der Waals surface area contributed by atoms with Gasteiger partial charge in [-0.2, -0.15) is 0 Å². The van der Waals surface area contributed by atoms with E-state index in [-0.39, 0.29) is 17.3 Å². The minimum Gasteiger partial charge on any atom is -0.340 e. The van der Waals surface area contributed by atoms with Crippen LogP contribution in [0.3, 0.4) is 0 Å². The van der Waals surface area contributed by atoms with Crippen LogP contribution in [-0.2, 0) is 0 Å². The normalized spacial score (nSPS) is 18.7.